The van der Waals surface area contributed by atoms with E-state index in [0.717, 1.165) is 33.3 Å². The Hall–Kier alpha value is -2.90. The third-order valence-electron chi connectivity index (χ3n) is 4.10. The third-order valence-corrected chi connectivity index (χ3v) is 4.10. The maximum Gasteiger partial charge on any atom is 0.192 e. The number of rotatable bonds is 3. The molecule has 1 aliphatic rings. The number of ether oxygens (including phenoxy) is 2. The first-order chi connectivity index (χ1) is 11.8. The second-order valence-electron chi connectivity index (χ2n) is 5.66. The predicted octanol–water partition coefficient (Wildman–Crippen LogP) is 3.84. The lowest BCUT2D eigenvalue weighted by molar-refractivity contribution is -0.382. The van der Waals surface area contributed by atoms with Crippen molar-refractivity contribution in [3.8, 4) is 0 Å². The molecule has 0 aliphatic carbocycles. The van der Waals surface area contributed by atoms with Crippen molar-refractivity contribution < 1.29 is 13.9 Å². The molecular weight excluding hydrogens is 308 g/mol. The number of hydrogen-bond donors (Lipinski definition) is 2. The summed E-state index contributed by atoms with van der Waals surface area (Å²) in [6.45, 7) is 1.86. The van der Waals surface area contributed by atoms with Crippen LogP contribution in [0.25, 0.3) is 22.0 Å². The van der Waals surface area contributed by atoms with E-state index in [1.807, 2.05) is 37.4 Å². The first kappa shape index (κ1) is 13.5. The summed E-state index contributed by atoms with van der Waals surface area (Å²) in [4.78, 5) is 11.8. The quantitative estimate of drug-likeness (QED) is 0.596. The molecule has 0 saturated carbocycles. The summed E-state index contributed by atoms with van der Waals surface area (Å²) in [6, 6.07) is 7.81. The average molecular weight is 322 g/mol. The lowest BCUT2D eigenvalue weighted by Crippen LogP contribution is -2.31. The van der Waals surface area contributed by atoms with E-state index >= 15 is 0 Å². The van der Waals surface area contributed by atoms with Gasteiger partial charge in [-0.3, -0.25) is 0 Å². The van der Waals surface area contributed by atoms with Crippen molar-refractivity contribution in [2.45, 2.75) is 19.5 Å². The number of nitrogens with one attached hydrogen (secondary N) is 2. The number of aromatic amines is 1. The van der Waals surface area contributed by atoms with Crippen LogP contribution in [0.3, 0.4) is 0 Å². The monoisotopic (exact) mass is 322 g/mol. The minimum Gasteiger partial charge on any atom is -0.464 e. The number of benzene rings is 1. The van der Waals surface area contributed by atoms with Gasteiger partial charge in [-0.05, 0) is 31.2 Å². The summed E-state index contributed by atoms with van der Waals surface area (Å²) in [5, 5.41) is 5.24. The molecule has 5 rings (SSSR count). The first-order valence-corrected chi connectivity index (χ1v) is 7.65. The van der Waals surface area contributed by atoms with E-state index in [2.05, 4.69) is 20.3 Å². The van der Waals surface area contributed by atoms with Gasteiger partial charge in [0.05, 0.1) is 11.6 Å². The number of fused-ring (bicyclic) bond motifs is 2. The fraction of sp³-hybridized carbons (Fsp3) is 0.176. The zero-order valence-corrected chi connectivity index (χ0v) is 12.8. The Labute approximate surface area is 136 Å². The number of hydrogen-bond acceptors (Lipinski definition) is 6. The average Bonchev–Trinajstić information content (AvgIpc) is 3.18. The number of nitrogens with zero attached hydrogens (tertiary/aromatic N) is 2. The zero-order valence-electron chi connectivity index (χ0n) is 12.8. The van der Waals surface area contributed by atoms with E-state index in [1.165, 1.54) is 6.33 Å². The zero-order chi connectivity index (χ0) is 16.1. The van der Waals surface area contributed by atoms with Crippen molar-refractivity contribution in [1.29, 1.82) is 0 Å². The smallest absolute Gasteiger partial charge is 0.192 e. The lowest BCUT2D eigenvalue weighted by atomic mass is 10.2. The highest BCUT2D eigenvalue weighted by Gasteiger charge is 2.31. The van der Waals surface area contributed by atoms with Gasteiger partial charge in [0.15, 0.2) is 12.6 Å². The Morgan fingerprint density at radius 3 is 2.96 bits per heavy atom. The number of aromatic nitrogens is 3. The van der Waals surface area contributed by atoms with Gasteiger partial charge in [-0.2, -0.15) is 0 Å². The highest BCUT2D eigenvalue weighted by atomic mass is 16.9. The Kier molecular flexibility index (Phi) is 2.85. The van der Waals surface area contributed by atoms with E-state index in [-0.39, 0.29) is 6.29 Å². The number of furan rings is 1. The van der Waals surface area contributed by atoms with Crippen molar-refractivity contribution >= 4 is 33.5 Å². The van der Waals surface area contributed by atoms with E-state index in [0.29, 0.717) is 5.82 Å². The van der Waals surface area contributed by atoms with E-state index in [4.69, 9.17) is 13.9 Å². The summed E-state index contributed by atoms with van der Waals surface area (Å²) >= 11 is 0. The van der Waals surface area contributed by atoms with Gasteiger partial charge >= 0.3 is 0 Å². The van der Waals surface area contributed by atoms with Crippen molar-refractivity contribution in [2.75, 3.05) is 5.32 Å². The second-order valence-corrected chi connectivity index (χ2v) is 5.66. The van der Waals surface area contributed by atoms with E-state index in [1.54, 1.807) is 6.26 Å². The van der Waals surface area contributed by atoms with E-state index < -0.39 is 6.29 Å². The Bertz CT molecular complexity index is 1030. The van der Waals surface area contributed by atoms with Crippen LogP contribution >= 0.6 is 0 Å². The molecule has 0 atom stereocenters. The van der Waals surface area contributed by atoms with Crippen LogP contribution in [0.15, 0.2) is 47.5 Å². The minimum atomic E-state index is -0.392. The van der Waals surface area contributed by atoms with Crippen LogP contribution in [0.5, 0.6) is 0 Å². The molecule has 3 aromatic heterocycles. The van der Waals surface area contributed by atoms with Crippen LogP contribution in [0, 0.1) is 0 Å². The molecule has 1 aliphatic heterocycles. The molecule has 24 heavy (non-hydrogen) atoms. The fourth-order valence-electron chi connectivity index (χ4n) is 2.95. The molecule has 0 amide bonds. The first-order valence-electron chi connectivity index (χ1n) is 7.65. The van der Waals surface area contributed by atoms with Crippen LogP contribution < -0.4 is 5.32 Å². The summed E-state index contributed by atoms with van der Waals surface area (Å²) in [5.41, 5.74) is 3.38. The van der Waals surface area contributed by atoms with Crippen LogP contribution in [-0.2, 0) is 9.47 Å². The lowest BCUT2D eigenvalue weighted by Gasteiger charge is -2.33. The van der Waals surface area contributed by atoms with Crippen molar-refractivity contribution in [3.05, 3.63) is 48.6 Å². The molecule has 2 N–H and O–H groups in total. The summed E-state index contributed by atoms with van der Waals surface area (Å²) in [7, 11) is 0. The second kappa shape index (κ2) is 5.05. The van der Waals surface area contributed by atoms with Gasteiger partial charge in [0.2, 0.25) is 0 Å². The molecule has 1 aromatic carbocycles. The molecule has 0 spiro atoms. The maximum atomic E-state index is 5.61. The normalized spacial score (nSPS) is 20.4. The third kappa shape index (κ3) is 2.06. The minimum absolute atomic E-state index is 0.190. The maximum absolute atomic E-state index is 5.61. The molecule has 0 bridgehead atoms. The Balaban J connectivity index is 1.57. The van der Waals surface area contributed by atoms with Crippen LogP contribution in [0.4, 0.5) is 11.5 Å². The SMILES string of the molecule is CC1OC(c2c[nH]c3ncnc(Nc4ccc5occc5c4)c23)O1. The van der Waals surface area contributed by atoms with Gasteiger partial charge in [-0.1, -0.05) is 0 Å². The fourth-order valence-corrected chi connectivity index (χ4v) is 2.95. The van der Waals surface area contributed by atoms with Crippen LogP contribution in [0.1, 0.15) is 18.8 Å². The molecule has 1 fully saturated rings. The van der Waals surface area contributed by atoms with Gasteiger partial charge in [0.1, 0.15) is 23.4 Å². The molecule has 1 saturated heterocycles. The van der Waals surface area contributed by atoms with Crippen LogP contribution in [-0.4, -0.2) is 21.2 Å². The van der Waals surface area contributed by atoms with Gasteiger partial charge in [0, 0.05) is 22.8 Å². The van der Waals surface area contributed by atoms with Gasteiger partial charge in [-0.15, -0.1) is 0 Å². The summed E-state index contributed by atoms with van der Waals surface area (Å²) < 4.78 is 16.6. The van der Waals surface area contributed by atoms with Crippen molar-refractivity contribution in [3.63, 3.8) is 0 Å². The largest absolute Gasteiger partial charge is 0.464 e. The van der Waals surface area contributed by atoms with Gasteiger partial charge in [0.25, 0.3) is 0 Å². The predicted molar refractivity (Wildman–Crippen MR) is 87.8 cm³/mol. The Morgan fingerprint density at radius 2 is 2.08 bits per heavy atom. The highest BCUT2D eigenvalue weighted by molar-refractivity contribution is 5.93. The summed E-state index contributed by atoms with van der Waals surface area (Å²) in [5.74, 6) is 0.700. The van der Waals surface area contributed by atoms with Gasteiger partial charge in [-0.25, -0.2) is 9.97 Å². The highest BCUT2D eigenvalue weighted by Crippen LogP contribution is 2.38. The van der Waals surface area contributed by atoms with Gasteiger partial charge < -0.3 is 24.2 Å². The Morgan fingerprint density at radius 1 is 1.17 bits per heavy atom. The molecule has 0 radical (unpaired) electrons. The number of H-pyrrole nitrogens is 1. The van der Waals surface area contributed by atoms with Crippen molar-refractivity contribution in [2.24, 2.45) is 0 Å². The molecule has 4 heterocycles. The molecule has 120 valence electrons. The van der Waals surface area contributed by atoms with E-state index in [9.17, 15) is 0 Å². The molecule has 4 aromatic rings. The van der Waals surface area contributed by atoms with Crippen LogP contribution in [0.2, 0.25) is 0 Å². The van der Waals surface area contributed by atoms with Crippen molar-refractivity contribution in [1.82, 2.24) is 15.0 Å². The molecule has 7 nitrogen and oxygen atoms in total. The standard InChI is InChI=1S/C17H14N4O3/c1-9-23-17(24-9)12-7-18-15-14(12)16(20-8-19-15)21-11-2-3-13-10(6-11)4-5-22-13/h2-9,17H,1H3,(H2,18,19,20,21). The summed E-state index contributed by atoms with van der Waals surface area (Å²) in [6.07, 6.45) is 4.46. The molecular formula is C17H14N4O3. The molecule has 0 unspecified atom stereocenters. The topological polar surface area (TPSA) is 85.2 Å². The molecule has 7 heteroatoms. The number of anilines is 2.